The van der Waals surface area contributed by atoms with Crippen LogP contribution in [0, 0.1) is 6.42 Å². The van der Waals surface area contributed by atoms with E-state index < -0.39 is 0 Å². The average molecular weight is 106 g/mol. The van der Waals surface area contributed by atoms with Crippen LogP contribution in [-0.4, -0.2) is 0 Å². The summed E-state index contributed by atoms with van der Waals surface area (Å²) < 4.78 is 0. The van der Waals surface area contributed by atoms with Gasteiger partial charge in [-0.15, -0.1) is 0 Å². The Bertz CT molecular complexity index is 8.00. The quantitative estimate of drug-likeness (QED) is 0.319. The number of hydrogen-bond donors (Lipinski definition) is 0. The molecule has 4 heavy (non-hydrogen) atoms. The molecular formula is C3H5Zn-. The molecule has 0 aromatic carbocycles. The van der Waals surface area contributed by atoms with Crippen molar-refractivity contribution in [2.75, 3.05) is 0 Å². The maximum atomic E-state index is 2.25. The van der Waals surface area contributed by atoms with Crippen molar-refractivity contribution in [3.63, 3.8) is 0 Å². The molecule has 0 spiro atoms. The van der Waals surface area contributed by atoms with Crippen LogP contribution in [0.5, 0.6) is 0 Å². The van der Waals surface area contributed by atoms with Crippen LogP contribution < -0.4 is 0 Å². The molecule has 0 heterocycles. The van der Waals surface area contributed by atoms with Crippen molar-refractivity contribution in [3.05, 3.63) is 6.42 Å². The maximum absolute atomic E-state index is 2.25. The molecule has 0 N–H and O–H groups in total. The van der Waals surface area contributed by atoms with Gasteiger partial charge >= 0.3 is 0 Å². The average Bonchev–Trinajstić information content (AvgIpc) is 1.46. The third-order valence-corrected chi connectivity index (χ3v) is 0.289. The summed E-state index contributed by atoms with van der Waals surface area (Å²) in [5.74, 6) is 0. The second-order valence-electron chi connectivity index (χ2n) is 0.866. The summed E-state index contributed by atoms with van der Waals surface area (Å²) in [6.45, 7) is 0. The third kappa shape index (κ3) is 2.62. The van der Waals surface area contributed by atoms with Crippen LogP contribution in [0.15, 0.2) is 0 Å². The Morgan fingerprint density at radius 2 is 1.50 bits per heavy atom. The van der Waals surface area contributed by atoms with Crippen molar-refractivity contribution in [1.82, 2.24) is 0 Å². The predicted octanol–water partition coefficient (Wildman–Crippen LogP) is 0.982. The molecule has 0 radical (unpaired) electrons. The number of rotatable bonds is 0. The van der Waals surface area contributed by atoms with Crippen LogP contribution in [0.1, 0.15) is 12.8 Å². The molecule has 0 aromatic heterocycles. The summed E-state index contributed by atoms with van der Waals surface area (Å²) in [5.41, 5.74) is 0. The summed E-state index contributed by atoms with van der Waals surface area (Å²) in [5, 5.41) is 0. The van der Waals surface area contributed by atoms with Gasteiger partial charge in [0, 0.05) is 19.5 Å². The molecule has 0 unspecified atom stereocenters. The van der Waals surface area contributed by atoms with Gasteiger partial charge in [0.15, 0.2) is 0 Å². The van der Waals surface area contributed by atoms with E-state index >= 15 is 0 Å². The monoisotopic (exact) mass is 105 g/mol. The molecule has 1 saturated carbocycles. The zero-order valence-electron chi connectivity index (χ0n) is 2.70. The molecule has 20 valence electrons. The Hall–Kier alpha value is 0.623. The second kappa shape index (κ2) is 1.90. The molecule has 0 bridgehead atoms. The summed E-state index contributed by atoms with van der Waals surface area (Å²) in [6.07, 6.45) is 5.00. The van der Waals surface area contributed by atoms with Gasteiger partial charge in [0.2, 0.25) is 0 Å². The third-order valence-electron chi connectivity index (χ3n) is 0.289. The Labute approximate surface area is 39.3 Å². The first-order chi connectivity index (χ1) is 1.50. The fraction of sp³-hybridized carbons (Fsp3) is 0.667. The van der Waals surface area contributed by atoms with Gasteiger partial charge in [0.25, 0.3) is 0 Å². The molecule has 1 aliphatic carbocycles. The van der Waals surface area contributed by atoms with E-state index in [1.165, 1.54) is 12.8 Å². The van der Waals surface area contributed by atoms with E-state index in [1.807, 2.05) is 0 Å². The minimum atomic E-state index is 0. The molecule has 0 atom stereocenters. The molecule has 0 saturated heterocycles. The topological polar surface area (TPSA) is 0 Å². The normalized spacial score (nSPS) is 18.0. The van der Waals surface area contributed by atoms with Crippen molar-refractivity contribution >= 4 is 0 Å². The van der Waals surface area contributed by atoms with E-state index in [0.29, 0.717) is 0 Å². The Kier molecular flexibility index (Phi) is 2.20. The van der Waals surface area contributed by atoms with Crippen LogP contribution in [0.25, 0.3) is 0 Å². The van der Waals surface area contributed by atoms with Gasteiger partial charge in [-0.2, -0.15) is 0 Å². The van der Waals surface area contributed by atoms with Crippen LogP contribution >= 0.6 is 0 Å². The first-order valence-corrected chi connectivity index (χ1v) is 1.32. The molecule has 0 amide bonds. The SMILES string of the molecule is [CH-]1CC1.[Zn]. The maximum Gasteiger partial charge on any atom is 0 e. The first-order valence-electron chi connectivity index (χ1n) is 1.32. The van der Waals surface area contributed by atoms with Gasteiger partial charge < -0.3 is 6.42 Å². The van der Waals surface area contributed by atoms with E-state index in [4.69, 9.17) is 0 Å². The zero-order chi connectivity index (χ0) is 2.12. The van der Waals surface area contributed by atoms with Crippen LogP contribution in [0.2, 0.25) is 0 Å². The van der Waals surface area contributed by atoms with Gasteiger partial charge in [-0.25, -0.2) is 12.8 Å². The molecule has 1 heteroatoms. The van der Waals surface area contributed by atoms with Crippen LogP contribution in [-0.2, 0) is 19.5 Å². The second-order valence-corrected chi connectivity index (χ2v) is 0.866. The van der Waals surface area contributed by atoms with Gasteiger partial charge in [0.1, 0.15) is 0 Å². The van der Waals surface area contributed by atoms with Crippen molar-refractivity contribution in [2.24, 2.45) is 0 Å². The zero-order valence-corrected chi connectivity index (χ0v) is 5.67. The summed E-state index contributed by atoms with van der Waals surface area (Å²) >= 11 is 0. The smallest absolute Gasteiger partial charge is 0 e. The molecule has 0 nitrogen and oxygen atoms in total. The molecule has 1 fully saturated rings. The van der Waals surface area contributed by atoms with Crippen molar-refractivity contribution in [3.8, 4) is 0 Å². The van der Waals surface area contributed by atoms with E-state index in [0.717, 1.165) is 0 Å². The van der Waals surface area contributed by atoms with Gasteiger partial charge in [-0.1, -0.05) is 0 Å². The Morgan fingerprint density at radius 3 is 1.50 bits per heavy atom. The van der Waals surface area contributed by atoms with Gasteiger partial charge in [-0.05, 0) is 0 Å². The minimum Gasteiger partial charge on any atom is -0.333 e. The summed E-state index contributed by atoms with van der Waals surface area (Å²) in [4.78, 5) is 0. The largest absolute Gasteiger partial charge is 0.333 e. The fourth-order valence-electron chi connectivity index (χ4n) is 0. The predicted molar refractivity (Wildman–Crippen MR) is 13.5 cm³/mol. The van der Waals surface area contributed by atoms with Crippen LogP contribution in [0.3, 0.4) is 0 Å². The Morgan fingerprint density at radius 1 is 1.25 bits per heavy atom. The van der Waals surface area contributed by atoms with Crippen molar-refractivity contribution in [1.29, 1.82) is 0 Å². The molecule has 0 aliphatic heterocycles. The van der Waals surface area contributed by atoms with Crippen molar-refractivity contribution < 1.29 is 19.5 Å². The summed E-state index contributed by atoms with van der Waals surface area (Å²) in [7, 11) is 0. The Balaban J connectivity index is 0.0000000900. The van der Waals surface area contributed by atoms with Gasteiger partial charge in [-0.3, -0.25) is 0 Å². The standard InChI is InChI=1S/C3H5.Zn/c1-2-3-1;/h1H,2-3H2;/q-1;. The fourth-order valence-corrected chi connectivity index (χ4v) is 0. The summed E-state index contributed by atoms with van der Waals surface area (Å²) in [6, 6.07) is 0. The molecule has 0 aromatic rings. The first kappa shape index (κ1) is 4.62. The minimum absolute atomic E-state index is 0. The number of hydrogen-bond acceptors (Lipinski definition) is 0. The van der Waals surface area contributed by atoms with E-state index in [9.17, 15) is 0 Å². The molecule has 1 aliphatic rings. The van der Waals surface area contributed by atoms with E-state index in [1.54, 1.807) is 0 Å². The molecular weight excluding hydrogens is 101 g/mol. The molecule has 1 rings (SSSR count). The van der Waals surface area contributed by atoms with Gasteiger partial charge in [0.05, 0.1) is 0 Å². The van der Waals surface area contributed by atoms with Crippen molar-refractivity contribution in [2.45, 2.75) is 12.8 Å². The van der Waals surface area contributed by atoms with E-state index in [-0.39, 0.29) is 19.5 Å². The van der Waals surface area contributed by atoms with Crippen LogP contribution in [0.4, 0.5) is 0 Å². The van der Waals surface area contributed by atoms with E-state index in [2.05, 4.69) is 6.42 Å².